The maximum absolute atomic E-state index is 13.6. The smallest absolute Gasteiger partial charge is 0.416 e. The molecule has 3 aromatic rings. The van der Waals surface area contributed by atoms with Gasteiger partial charge in [-0.15, -0.1) is 0 Å². The zero-order valence-electron chi connectivity index (χ0n) is 17.3. The van der Waals surface area contributed by atoms with Gasteiger partial charge in [-0.1, -0.05) is 12.1 Å². The predicted octanol–water partition coefficient (Wildman–Crippen LogP) is 3.92. The van der Waals surface area contributed by atoms with Crippen molar-refractivity contribution < 1.29 is 31.9 Å². The molecule has 0 atom stereocenters. The van der Waals surface area contributed by atoms with E-state index < -0.39 is 41.5 Å². The SMILES string of the molecule is COC(=O)Cn1c(=O)c(C(=O)N(C)c2cccc(F)c2)c(C)c2ccc(C(F)(F)F)cc21. The fourth-order valence-electron chi connectivity index (χ4n) is 3.36. The van der Waals surface area contributed by atoms with Crippen molar-refractivity contribution in [2.45, 2.75) is 19.6 Å². The summed E-state index contributed by atoms with van der Waals surface area (Å²) in [7, 11) is 2.40. The Morgan fingerprint density at radius 2 is 1.81 bits per heavy atom. The van der Waals surface area contributed by atoms with Gasteiger partial charge in [0.1, 0.15) is 17.9 Å². The fraction of sp³-hybridized carbons (Fsp3) is 0.227. The van der Waals surface area contributed by atoms with E-state index in [9.17, 15) is 31.9 Å². The molecule has 10 heteroatoms. The van der Waals surface area contributed by atoms with Crippen molar-refractivity contribution in [3.05, 3.63) is 75.3 Å². The van der Waals surface area contributed by atoms with Crippen LogP contribution in [0.4, 0.5) is 23.2 Å². The van der Waals surface area contributed by atoms with Gasteiger partial charge in [0, 0.05) is 18.1 Å². The summed E-state index contributed by atoms with van der Waals surface area (Å²) in [5.74, 6) is -2.29. The fourth-order valence-corrected chi connectivity index (χ4v) is 3.36. The van der Waals surface area contributed by atoms with E-state index in [1.807, 2.05) is 0 Å². The van der Waals surface area contributed by atoms with Gasteiger partial charge in [-0.2, -0.15) is 13.2 Å². The van der Waals surface area contributed by atoms with Crippen molar-refractivity contribution in [1.29, 1.82) is 0 Å². The number of hydrogen-bond donors (Lipinski definition) is 0. The highest BCUT2D eigenvalue weighted by molar-refractivity contribution is 6.08. The number of aryl methyl sites for hydroxylation is 1. The molecule has 32 heavy (non-hydrogen) atoms. The van der Waals surface area contributed by atoms with Gasteiger partial charge in [-0.3, -0.25) is 19.0 Å². The number of carbonyl (C=O) groups is 2. The molecule has 1 heterocycles. The number of nitrogens with zero attached hydrogens (tertiary/aromatic N) is 2. The Bertz CT molecular complexity index is 1280. The number of amides is 1. The van der Waals surface area contributed by atoms with Crippen LogP contribution in [0, 0.1) is 12.7 Å². The Morgan fingerprint density at radius 3 is 2.41 bits per heavy atom. The number of methoxy groups -OCH3 is 1. The highest BCUT2D eigenvalue weighted by atomic mass is 19.4. The van der Waals surface area contributed by atoms with E-state index in [0.717, 1.165) is 40.8 Å². The molecule has 168 valence electrons. The molecule has 0 unspecified atom stereocenters. The van der Waals surface area contributed by atoms with Crippen LogP contribution in [-0.4, -0.2) is 30.6 Å². The van der Waals surface area contributed by atoms with Gasteiger partial charge in [-0.05, 0) is 42.8 Å². The molecule has 0 aliphatic heterocycles. The molecule has 0 fully saturated rings. The number of hydrogen-bond acceptors (Lipinski definition) is 4. The molecule has 0 saturated heterocycles. The minimum absolute atomic E-state index is 0.132. The van der Waals surface area contributed by atoms with Crippen molar-refractivity contribution in [1.82, 2.24) is 4.57 Å². The summed E-state index contributed by atoms with van der Waals surface area (Å²) in [4.78, 5) is 39.3. The maximum atomic E-state index is 13.6. The number of pyridine rings is 1. The first-order valence-corrected chi connectivity index (χ1v) is 9.30. The Morgan fingerprint density at radius 1 is 1.12 bits per heavy atom. The standard InChI is InChI=1S/C22H18F4N2O4/c1-12-16-8-7-13(22(24,25)26)9-17(16)28(11-18(29)32-3)21(31)19(12)20(30)27(2)15-6-4-5-14(23)10-15/h4-10H,11H2,1-3H3. The third-order valence-electron chi connectivity index (χ3n) is 5.08. The van der Waals surface area contributed by atoms with Gasteiger partial charge in [0.15, 0.2) is 0 Å². The van der Waals surface area contributed by atoms with Crippen LogP contribution in [0.15, 0.2) is 47.3 Å². The summed E-state index contributed by atoms with van der Waals surface area (Å²) in [6, 6.07) is 7.83. The second-order valence-electron chi connectivity index (χ2n) is 7.04. The number of rotatable bonds is 4. The van der Waals surface area contributed by atoms with Gasteiger partial charge in [0.2, 0.25) is 0 Å². The van der Waals surface area contributed by atoms with Crippen LogP contribution in [0.5, 0.6) is 0 Å². The number of anilines is 1. The summed E-state index contributed by atoms with van der Waals surface area (Å²) >= 11 is 0. The summed E-state index contributed by atoms with van der Waals surface area (Å²) < 4.78 is 58.6. The van der Waals surface area contributed by atoms with E-state index in [1.165, 1.54) is 32.2 Å². The van der Waals surface area contributed by atoms with Crippen molar-refractivity contribution >= 4 is 28.5 Å². The predicted molar refractivity (Wildman–Crippen MR) is 109 cm³/mol. The Hall–Kier alpha value is -3.69. The Labute approximate surface area is 179 Å². The molecule has 0 spiro atoms. The number of esters is 1. The average Bonchev–Trinajstić information content (AvgIpc) is 2.74. The van der Waals surface area contributed by atoms with E-state index in [4.69, 9.17) is 0 Å². The van der Waals surface area contributed by atoms with Crippen LogP contribution in [-0.2, 0) is 22.3 Å². The number of benzene rings is 2. The minimum atomic E-state index is -4.68. The van der Waals surface area contributed by atoms with Crippen molar-refractivity contribution in [2.24, 2.45) is 0 Å². The molecule has 0 bridgehead atoms. The van der Waals surface area contributed by atoms with Crippen LogP contribution in [0.25, 0.3) is 10.9 Å². The highest BCUT2D eigenvalue weighted by Crippen LogP contribution is 2.32. The second kappa shape index (κ2) is 8.45. The monoisotopic (exact) mass is 450 g/mol. The first-order chi connectivity index (χ1) is 15.0. The van der Waals surface area contributed by atoms with Gasteiger partial charge < -0.3 is 9.64 Å². The normalized spacial score (nSPS) is 11.5. The van der Waals surface area contributed by atoms with Gasteiger partial charge in [0.05, 0.1) is 18.2 Å². The summed E-state index contributed by atoms with van der Waals surface area (Å²) in [6.45, 7) is 0.726. The van der Waals surface area contributed by atoms with Gasteiger partial charge >= 0.3 is 12.1 Å². The molecule has 0 N–H and O–H groups in total. The van der Waals surface area contributed by atoms with E-state index in [1.54, 1.807) is 0 Å². The lowest BCUT2D eigenvalue weighted by Crippen LogP contribution is -2.37. The average molecular weight is 450 g/mol. The first kappa shape index (κ1) is 23.0. The van der Waals surface area contributed by atoms with Crippen LogP contribution in [0.1, 0.15) is 21.5 Å². The second-order valence-corrected chi connectivity index (χ2v) is 7.04. The molecule has 6 nitrogen and oxygen atoms in total. The van der Waals surface area contributed by atoms with Gasteiger partial charge in [0.25, 0.3) is 11.5 Å². The lowest BCUT2D eigenvalue weighted by atomic mass is 10.0. The summed E-state index contributed by atoms with van der Waals surface area (Å²) in [6.07, 6.45) is -4.68. The zero-order valence-corrected chi connectivity index (χ0v) is 17.3. The van der Waals surface area contributed by atoms with E-state index >= 15 is 0 Å². The molecule has 0 radical (unpaired) electrons. The van der Waals surface area contributed by atoms with Crippen molar-refractivity contribution in [2.75, 3.05) is 19.1 Å². The van der Waals surface area contributed by atoms with Crippen LogP contribution < -0.4 is 10.5 Å². The van der Waals surface area contributed by atoms with Crippen LogP contribution >= 0.6 is 0 Å². The molecule has 2 aromatic carbocycles. The van der Waals surface area contributed by atoms with Crippen LogP contribution in [0.3, 0.4) is 0 Å². The maximum Gasteiger partial charge on any atom is 0.416 e. The molecule has 1 aromatic heterocycles. The third kappa shape index (κ3) is 4.20. The quantitative estimate of drug-likeness (QED) is 0.447. The summed E-state index contributed by atoms with van der Waals surface area (Å²) in [5, 5.41) is 0.178. The number of halogens is 4. The lowest BCUT2D eigenvalue weighted by Gasteiger charge is -2.21. The van der Waals surface area contributed by atoms with Crippen molar-refractivity contribution in [3.8, 4) is 0 Å². The number of aromatic nitrogens is 1. The minimum Gasteiger partial charge on any atom is -0.468 e. The number of carbonyl (C=O) groups excluding carboxylic acids is 2. The van der Waals surface area contributed by atoms with E-state index in [0.29, 0.717) is 0 Å². The molecule has 0 aliphatic rings. The number of alkyl halides is 3. The molecule has 0 saturated carbocycles. The number of fused-ring (bicyclic) bond motifs is 1. The topological polar surface area (TPSA) is 68.6 Å². The highest BCUT2D eigenvalue weighted by Gasteiger charge is 2.32. The Balaban J connectivity index is 2.28. The summed E-state index contributed by atoms with van der Waals surface area (Å²) in [5.41, 5.74) is -2.20. The van der Waals surface area contributed by atoms with E-state index in [-0.39, 0.29) is 27.7 Å². The molecular formula is C22H18F4N2O4. The lowest BCUT2D eigenvalue weighted by molar-refractivity contribution is -0.141. The molecule has 1 amide bonds. The zero-order chi connectivity index (χ0) is 23.8. The third-order valence-corrected chi connectivity index (χ3v) is 5.08. The van der Waals surface area contributed by atoms with Gasteiger partial charge in [-0.25, -0.2) is 4.39 Å². The molecule has 0 aliphatic carbocycles. The molecular weight excluding hydrogens is 432 g/mol. The largest absolute Gasteiger partial charge is 0.468 e. The van der Waals surface area contributed by atoms with E-state index in [2.05, 4.69) is 4.74 Å². The number of ether oxygens (including phenoxy) is 1. The Kier molecular flexibility index (Phi) is 6.07. The molecule has 3 rings (SSSR count). The van der Waals surface area contributed by atoms with Crippen molar-refractivity contribution in [3.63, 3.8) is 0 Å². The van der Waals surface area contributed by atoms with Crippen LogP contribution in [0.2, 0.25) is 0 Å². The first-order valence-electron chi connectivity index (χ1n) is 9.30.